The van der Waals surface area contributed by atoms with E-state index >= 15 is 0 Å². The van der Waals surface area contributed by atoms with Crippen LogP contribution in [0.1, 0.15) is 20.8 Å². The molecule has 0 fully saturated rings. The van der Waals surface area contributed by atoms with E-state index in [0.29, 0.717) is 0 Å². The standard InChI is InChI=1S/C9H18O5/c1-9(2,3)8(14)7(13)6(12)5(11)4-10/h4-8,11-14H,1-3H3/t5-,6+,7+,8-/m1/s1. The second-order valence-corrected chi connectivity index (χ2v) is 4.42. The normalized spacial score (nSPS) is 21.1. The maximum Gasteiger partial charge on any atom is 0.151 e. The van der Waals surface area contributed by atoms with E-state index < -0.39 is 29.8 Å². The lowest BCUT2D eigenvalue weighted by Gasteiger charge is -2.32. The minimum atomic E-state index is -1.68. The van der Waals surface area contributed by atoms with Crippen LogP contribution in [0.2, 0.25) is 0 Å². The van der Waals surface area contributed by atoms with Gasteiger partial charge in [-0.15, -0.1) is 0 Å². The molecule has 0 aliphatic carbocycles. The average molecular weight is 206 g/mol. The molecule has 0 rings (SSSR count). The topological polar surface area (TPSA) is 98.0 Å². The van der Waals surface area contributed by atoms with Gasteiger partial charge in [-0.3, -0.25) is 0 Å². The molecule has 0 saturated carbocycles. The van der Waals surface area contributed by atoms with Crippen molar-refractivity contribution in [2.75, 3.05) is 0 Å². The fraction of sp³-hybridized carbons (Fsp3) is 0.889. The van der Waals surface area contributed by atoms with E-state index in [4.69, 9.17) is 5.11 Å². The highest BCUT2D eigenvalue weighted by Crippen LogP contribution is 2.23. The van der Waals surface area contributed by atoms with Crippen LogP contribution in [0.3, 0.4) is 0 Å². The van der Waals surface area contributed by atoms with Crippen LogP contribution >= 0.6 is 0 Å². The van der Waals surface area contributed by atoms with E-state index in [2.05, 4.69) is 0 Å². The summed E-state index contributed by atoms with van der Waals surface area (Å²) >= 11 is 0. The van der Waals surface area contributed by atoms with Crippen molar-refractivity contribution in [3.63, 3.8) is 0 Å². The molecule has 5 nitrogen and oxygen atoms in total. The first-order chi connectivity index (χ1) is 6.21. The maximum atomic E-state index is 10.1. The second kappa shape index (κ2) is 4.84. The van der Waals surface area contributed by atoms with Gasteiger partial charge in [0, 0.05) is 0 Å². The summed E-state index contributed by atoms with van der Waals surface area (Å²) in [5.74, 6) is 0. The monoisotopic (exact) mass is 206 g/mol. The Labute approximate surface area is 83.0 Å². The second-order valence-electron chi connectivity index (χ2n) is 4.42. The molecule has 0 aromatic heterocycles. The lowest BCUT2D eigenvalue weighted by atomic mass is 9.83. The Kier molecular flexibility index (Phi) is 4.67. The predicted molar refractivity (Wildman–Crippen MR) is 49.5 cm³/mol. The number of carbonyl (C=O) groups is 1. The third-order valence-electron chi connectivity index (χ3n) is 2.05. The highest BCUT2D eigenvalue weighted by atomic mass is 16.4. The van der Waals surface area contributed by atoms with E-state index in [-0.39, 0.29) is 6.29 Å². The molecule has 4 N–H and O–H groups in total. The first-order valence-electron chi connectivity index (χ1n) is 4.39. The molecule has 0 aliphatic heterocycles. The zero-order valence-corrected chi connectivity index (χ0v) is 8.58. The van der Waals surface area contributed by atoms with Crippen molar-refractivity contribution >= 4 is 6.29 Å². The number of carbonyl (C=O) groups excluding carboxylic acids is 1. The van der Waals surface area contributed by atoms with Crippen LogP contribution in [-0.4, -0.2) is 51.1 Å². The van der Waals surface area contributed by atoms with Crippen molar-refractivity contribution in [3.8, 4) is 0 Å². The predicted octanol–water partition coefficient (Wildman–Crippen LogP) is -1.33. The van der Waals surface area contributed by atoms with Crippen LogP contribution in [0.4, 0.5) is 0 Å². The first-order valence-corrected chi connectivity index (χ1v) is 4.39. The highest BCUT2D eigenvalue weighted by molar-refractivity contribution is 5.56. The smallest absolute Gasteiger partial charge is 0.151 e. The Balaban J connectivity index is 4.46. The molecular formula is C9H18O5. The number of aliphatic hydroxyl groups is 4. The van der Waals surface area contributed by atoms with E-state index in [0.717, 1.165) is 0 Å². The molecule has 0 aromatic rings. The van der Waals surface area contributed by atoms with E-state index in [1.807, 2.05) is 0 Å². The van der Waals surface area contributed by atoms with Gasteiger partial charge in [-0.05, 0) is 5.41 Å². The van der Waals surface area contributed by atoms with Crippen molar-refractivity contribution in [2.24, 2.45) is 5.41 Å². The molecule has 0 bridgehead atoms. The van der Waals surface area contributed by atoms with Crippen molar-refractivity contribution in [1.82, 2.24) is 0 Å². The molecule has 0 unspecified atom stereocenters. The minimum Gasteiger partial charge on any atom is -0.390 e. The molecule has 5 heteroatoms. The first kappa shape index (κ1) is 13.5. The van der Waals surface area contributed by atoms with Crippen molar-refractivity contribution < 1.29 is 25.2 Å². The Morgan fingerprint density at radius 2 is 1.43 bits per heavy atom. The number of aliphatic hydroxyl groups excluding tert-OH is 4. The highest BCUT2D eigenvalue weighted by Gasteiger charge is 2.36. The fourth-order valence-corrected chi connectivity index (χ4v) is 0.982. The molecule has 0 heterocycles. The molecule has 0 saturated heterocycles. The lowest BCUT2D eigenvalue weighted by Crippen LogP contribution is -2.49. The number of hydrogen-bond acceptors (Lipinski definition) is 5. The van der Waals surface area contributed by atoms with Crippen LogP contribution in [0.5, 0.6) is 0 Å². The zero-order valence-electron chi connectivity index (χ0n) is 8.58. The quantitative estimate of drug-likeness (QED) is 0.427. The molecule has 14 heavy (non-hydrogen) atoms. The van der Waals surface area contributed by atoms with Gasteiger partial charge in [-0.25, -0.2) is 0 Å². The van der Waals surface area contributed by atoms with E-state index in [1.165, 1.54) is 0 Å². The summed E-state index contributed by atoms with van der Waals surface area (Å²) in [6.07, 6.45) is -5.99. The Morgan fingerprint density at radius 3 is 1.71 bits per heavy atom. The fourth-order valence-electron chi connectivity index (χ4n) is 0.982. The summed E-state index contributed by atoms with van der Waals surface area (Å²) in [7, 11) is 0. The minimum absolute atomic E-state index is 0.114. The van der Waals surface area contributed by atoms with Gasteiger partial charge in [0.05, 0.1) is 6.10 Å². The van der Waals surface area contributed by atoms with Crippen LogP contribution in [0.25, 0.3) is 0 Å². The molecule has 4 atom stereocenters. The Hall–Kier alpha value is -0.490. The summed E-state index contributed by atoms with van der Waals surface area (Å²) in [6.45, 7) is 5.00. The van der Waals surface area contributed by atoms with Gasteiger partial charge < -0.3 is 25.2 Å². The third-order valence-corrected chi connectivity index (χ3v) is 2.05. The molecule has 0 aliphatic rings. The molecule has 0 spiro atoms. The molecule has 0 amide bonds. The Bertz CT molecular complexity index is 186. The third kappa shape index (κ3) is 3.34. The average Bonchev–Trinajstić information content (AvgIpc) is 2.11. The molecule has 84 valence electrons. The largest absolute Gasteiger partial charge is 0.390 e. The van der Waals surface area contributed by atoms with Gasteiger partial charge in [-0.1, -0.05) is 20.8 Å². The summed E-state index contributed by atoms with van der Waals surface area (Å²) in [4.78, 5) is 10.1. The summed E-state index contributed by atoms with van der Waals surface area (Å²) in [5.41, 5.74) is -0.636. The van der Waals surface area contributed by atoms with Crippen molar-refractivity contribution in [2.45, 2.75) is 45.2 Å². The van der Waals surface area contributed by atoms with Gasteiger partial charge in [0.1, 0.15) is 18.3 Å². The summed E-state index contributed by atoms with van der Waals surface area (Å²) in [6, 6.07) is 0. The molecule has 0 radical (unpaired) electrons. The molecular weight excluding hydrogens is 188 g/mol. The number of hydrogen-bond donors (Lipinski definition) is 4. The number of aldehydes is 1. The van der Waals surface area contributed by atoms with Gasteiger partial charge in [0.25, 0.3) is 0 Å². The van der Waals surface area contributed by atoms with Crippen molar-refractivity contribution in [1.29, 1.82) is 0 Å². The van der Waals surface area contributed by atoms with Crippen LogP contribution in [-0.2, 0) is 4.79 Å². The van der Waals surface area contributed by atoms with Gasteiger partial charge >= 0.3 is 0 Å². The van der Waals surface area contributed by atoms with E-state index in [9.17, 15) is 20.1 Å². The van der Waals surface area contributed by atoms with E-state index in [1.54, 1.807) is 20.8 Å². The maximum absolute atomic E-state index is 10.1. The van der Waals surface area contributed by atoms with Crippen LogP contribution < -0.4 is 0 Å². The Morgan fingerprint density at radius 1 is 1.00 bits per heavy atom. The summed E-state index contributed by atoms with van der Waals surface area (Å²) < 4.78 is 0. The SMILES string of the molecule is CC(C)(C)[C@H](O)[C@@H](O)[C@@H](O)[C@H](O)C=O. The molecule has 0 aromatic carbocycles. The van der Waals surface area contributed by atoms with Crippen LogP contribution in [0, 0.1) is 5.41 Å². The van der Waals surface area contributed by atoms with Gasteiger partial charge in [0.2, 0.25) is 0 Å². The van der Waals surface area contributed by atoms with Crippen LogP contribution in [0.15, 0.2) is 0 Å². The lowest BCUT2D eigenvalue weighted by molar-refractivity contribution is -0.143. The van der Waals surface area contributed by atoms with Crippen molar-refractivity contribution in [3.05, 3.63) is 0 Å². The van der Waals surface area contributed by atoms with Gasteiger partial charge in [0.15, 0.2) is 6.29 Å². The van der Waals surface area contributed by atoms with Gasteiger partial charge in [-0.2, -0.15) is 0 Å². The summed E-state index contributed by atoms with van der Waals surface area (Å²) in [5, 5.41) is 37.1. The zero-order chi connectivity index (χ0) is 11.5. The number of rotatable bonds is 4.